The molecule has 4 N–H and O–H groups in total. The van der Waals surface area contributed by atoms with Gasteiger partial charge in [-0.15, -0.1) is 12.4 Å². The Morgan fingerprint density at radius 3 is 2.38 bits per heavy atom. The molecule has 2 aromatic carbocycles. The largest absolute Gasteiger partial charge is 0.378 e. The van der Waals surface area contributed by atoms with Crippen molar-refractivity contribution in [3.05, 3.63) is 54.1 Å². The molecular formula is C22H29ClN4O2. The highest BCUT2D eigenvalue weighted by atomic mass is 35.5. The molecule has 6 nitrogen and oxygen atoms in total. The van der Waals surface area contributed by atoms with E-state index < -0.39 is 6.04 Å². The van der Waals surface area contributed by atoms with Crippen LogP contribution in [0.3, 0.4) is 0 Å². The van der Waals surface area contributed by atoms with E-state index in [9.17, 15) is 9.59 Å². The monoisotopic (exact) mass is 416 g/mol. The summed E-state index contributed by atoms with van der Waals surface area (Å²) in [7, 11) is 0. The molecule has 2 aromatic rings. The number of benzene rings is 2. The van der Waals surface area contributed by atoms with Gasteiger partial charge in [0.25, 0.3) is 0 Å². The fourth-order valence-electron chi connectivity index (χ4n) is 3.61. The van der Waals surface area contributed by atoms with Crippen molar-refractivity contribution in [1.82, 2.24) is 0 Å². The van der Waals surface area contributed by atoms with Crippen molar-refractivity contribution < 1.29 is 9.59 Å². The lowest BCUT2D eigenvalue weighted by molar-refractivity contribution is -0.119. The first-order chi connectivity index (χ1) is 13.4. The second kappa shape index (κ2) is 9.76. The van der Waals surface area contributed by atoms with E-state index in [0.29, 0.717) is 12.1 Å². The van der Waals surface area contributed by atoms with Crippen LogP contribution in [-0.2, 0) is 9.59 Å². The van der Waals surface area contributed by atoms with Gasteiger partial charge in [0.15, 0.2) is 0 Å². The van der Waals surface area contributed by atoms with Crippen molar-refractivity contribution in [3.63, 3.8) is 0 Å². The zero-order chi connectivity index (χ0) is 20.3. The maximum absolute atomic E-state index is 12.4. The van der Waals surface area contributed by atoms with Gasteiger partial charge in [0.05, 0.1) is 12.1 Å². The highest BCUT2D eigenvalue weighted by molar-refractivity contribution is 5.95. The van der Waals surface area contributed by atoms with Crippen LogP contribution in [0.1, 0.15) is 45.2 Å². The Hall–Kier alpha value is -2.57. The number of fused-ring (bicyclic) bond motifs is 1. The first kappa shape index (κ1) is 22.7. The van der Waals surface area contributed by atoms with Crippen molar-refractivity contribution >= 4 is 41.3 Å². The average Bonchev–Trinajstić information content (AvgIpc) is 2.69. The molecular weight excluding hydrogens is 388 g/mol. The number of hydrogen-bond acceptors (Lipinski definition) is 4. The molecule has 0 unspecified atom stereocenters. The molecule has 0 fully saturated rings. The third kappa shape index (κ3) is 5.08. The van der Waals surface area contributed by atoms with E-state index in [1.54, 1.807) is 6.92 Å². The molecule has 0 saturated heterocycles. The summed E-state index contributed by atoms with van der Waals surface area (Å²) in [5.41, 5.74) is 9.36. The fourth-order valence-corrected chi connectivity index (χ4v) is 3.61. The van der Waals surface area contributed by atoms with Crippen LogP contribution in [0.25, 0.3) is 0 Å². The zero-order valence-corrected chi connectivity index (χ0v) is 17.8. The van der Waals surface area contributed by atoms with Gasteiger partial charge in [-0.1, -0.05) is 25.1 Å². The number of nitrogens with zero attached hydrogens (tertiary/aromatic N) is 1. The minimum absolute atomic E-state index is 0. The van der Waals surface area contributed by atoms with E-state index in [1.807, 2.05) is 54.3 Å². The van der Waals surface area contributed by atoms with Crippen molar-refractivity contribution in [2.75, 3.05) is 15.5 Å². The molecule has 0 spiro atoms. The lowest BCUT2D eigenvalue weighted by Gasteiger charge is -2.40. The smallest absolute Gasteiger partial charge is 0.240 e. The Kier molecular flexibility index (Phi) is 7.65. The Bertz CT molecular complexity index is 854. The van der Waals surface area contributed by atoms with Crippen LogP contribution in [0, 0.1) is 0 Å². The van der Waals surface area contributed by atoms with Crippen LogP contribution < -0.4 is 21.3 Å². The van der Waals surface area contributed by atoms with Crippen LogP contribution in [0.2, 0.25) is 0 Å². The molecule has 2 amide bonds. The summed E-state index contributed by atoms with van der Waals surface area (Å²) in [4.78, 5) is 26.1. The maximum atomic E-state index is 12.4. The van der Waals surface area contributed by atoms with E-state index >= 15 is 0 Å². The van der Waals surface area contributed by atoms with E-state index in [0.717, 1.165) is 23.4 Å². The lowest BCUT2D eigenvalue weighted by Crippen LogP contribution is -2.44. The second-order valence-corrected chi connectivity index (χ2v) is 7.31. The minimum Gasteiger partial charge on any atom is -0.378 e. The number of rotatable bonds is 5. The summed E-state index contributed by atoms with van der Waals surface area (Å²) in [6.07, 6.45) is 1.32. The molecule has 0 aliphatic carbocycles. The van der Waals surface area contributed by atoms with Crippen molar-refractivity contribution in [1.29, 1.82) is 0 Å². The summed E-state index contributed by atoms with van der Waals surface area (Å²) in [5.74, 6) is -0.0657. The van der Waals surface area contributed by atoms with E-state index in [-0.39, 0.29) is 36.3 Å². The van der Waals surface area contributed by atoms with E-state index in [1.165, 1.54) is 0 Å². The SMILES string of the molecule is CCC(=O)N1c2ccccc2[C@H](Nc2ccc(NC(=O)[C@H](C)N)cc2)C[C@@H]1C.Cl. The Morgan fingerprint density at radius 2 is 1.76 bits per heavy atom. The third-order valence-electron chi connectivity index (χ3n) is 5.07. The number of anilines is 3. The molecule has 0 bridgehead atoms. The van der Waals surface area contributed by atoms with Gasteiger partial charge in [0.2, 0.25) is 11.8 Å². The van der Waals surface area contributed by atoms with Gasteiger partial charge < -0.3 is 21.3 Å². The molecule has 3 atom stereocenters. The number of para-hydroxylation sites is 1. The van der Waals surface area contributed by atoms with Crippen LogP contribution in [0.15, 0.2) is 48.5 Å². The summed E-state index contributed by atoms with van der Waals surface area (Å²) in [6.45, 7) is 5.64. The van der Waals surface area contributed by atoms with Gasteiger partial charge in [0.1, 0.15) is 0 Å². The Balaban J connectivity index is 0.00000300. The first-order valence-electron chi connectivity index (χ1n) is 9.74. The molecule has 1 heterocycles. The Morgan fingerprint density at radius 1 is 1.14 bits per heavy atom. The number of nitrogens with one attached hydrogen (secondary N) is 2. The number of hydrogen-bond donors (Lipinski definition) is 3. The molecule has 1 aliphatic rings. The van der Waals surface area contributed by atoms with Gasteiger partial charge in [-0.25, -0.2) is 0 Å². The highest BCUT2D eigenvalue weighted by Crippen LogP contribution is 2.39. The predicted octanol–water partition coefficient (Wildman–Crippen LogP) is 4.08. The number of halogens is 1. The van der Waals surface area contributed by atoms with Gasteiger partial charge >= 0.3 is 0 Å². The summed E-state index contributed by atoms with van der Waals surface area (Å²) >= 11 is 0. The molecule has 0 saturated carbocycles. The van der Waals surface area contributed by atoms with E-state index in [2.05, 4.69) is 23.6 Å². The van der Waals surface area contributed by atoms with Crippen molar-refractivity contribution in [3.8, 4) is 0 Å². The number of amides is 2. The predicted molar refractivity (Wildman–Crippen MR) is 121 cm³/mol. The topological polar surface area (TPSA) is 87.5 Å². The van der Waals surface area contributed by atoms with Crippen LogP contribution in [0.4, 0.5) is 17.1 Å². The first-order valence-corrected chi connectivity index (χ1v) is 9.74. The highest BCUT2D eigenvalue weighted by Gasteiger charge is 2.32. The molecule has 29 heavy (non-hydrogen) atoms. The molecule has 0 radical (unpaired) electrons. The maximum Gasteiger partial charge on any atom is 0.240 e. The van der Waals surface area contributed by atoms with E-state index in [4.69, 9.17) is 5.73 Å². The standard InChI is InChI=1S/C22H28N4O2.ClH/c1-4-21(27)26-14(2)13-19(18-7-5-6-8-20(18)26)24-16-9-11-17(12-10-16)25-22(28)15(3)23;/h5-12,14-15,19,24H,4,13,23H2,1-3H3,(H,25,28);1H/t14-,15-,19+;/m0./s1. The number of nitrogens with two attached hydrogens (primary N) is 1. The van der Waals surface area contributed by atoms with Gasteiger partial charge in [-0.2, -0.15) is 0 Å². The summed E-state index contributed by atoms with van der Waals surface area (Å²) < 4.78 is 0. The Labute approximate surface area is 178 Å². The van der Waals surface area contributed by atoms with Crippen LogP contribution in [-0.4, -0.2) is 23.9 Å². The van der Waals surface area contributed by atoms with Gasteiger partial charge in [-0.05, 0) is 56.2 Å². The molecule has 1 aliphatic heterocycles. The second-order valence-electron chi connectivity index (χ2n) is 7.31. The summed E-state index contributed by atoms with van der Waals surface area (Å²) in [6, 6.07) is 15.3. The zero-order valence-electron chi connectivity index (χ0n) is 17.0. The van der Waals surface area contributed by atoms with Crippen molar-refractivity contribution in [2.45, 2.75) is 51.7 Å². The molecule has 3 rings (SSSR count). The van der Waals surface area contributed by atoms with Gasteiger partial charge in [-0.3, -0.25) is 9.59 Å². The van der Waals surface area contributed by atoms with Crippen LogP contribution >= 0.6 is 12.4 Å². The summed E-state index contributed by atoms with van der Waals surface area (Å²) in [5, 5.41) is 6.36. The normalized spacial score (nSPS) is 18.8. The molecule has 156 valence electrons. The third-order valence-corrected chi connectivity index (χ3v) is 5.07. The number of carbonyl (C=O) groups excluding carboxylic acids is 2. The fraction of sp³-hybridized carbons (Fsp3) is 0.364. The minimum atomic E-state index is -0.549. The average molecular weight is 417 g/mol. The molecule has 7 heteroatoms. The van der Waals surface area contributed by atoms with Crippen molar-refractivity contribution in [2.24, 2.45) is 5.73 Å². The number of carbonyl (C=O) groups is 2. The van der Waals surface area contributed by atoms with Crippen LogP contribution in [0.5, 0.6) is 0 Å². The quantitative estimate of drug-likeness (QED) is 0.685. The lowest BCUT2D eigenvalue weighted by atomic mass is 9.91. The molecule has 0 aromatic heterocycles. The van der Waals surface area contributed by atoms with Gasteiger partial charge in [0, 0.05) is 29.5 Å².